The lowest BCUT2D eigenvalue weighted by Gasteiger charge is -2.04. The van der Waals surface area contributed by atoms with E-state index in [1.165, 1.54) is 36.4 Å². The summed E-state index contributed by atoms with van der Waals surface area (Å²) in [5.74, 6) is -0.196. The van der Waals surface area contributed by atoms with Gasteiger partial charge in [0.25, 0.3) is 5.69 Å². The molecule has 0 atom stereocenters. The molecule has 158 valence electrons. The molecule has 0 radical (unpaired) electrons. The Labute approximate surface area is 171 Å². The Kier molecular flexibility index (Phi) is 10.4. The van der Waals surface area contributed by atoms with E-state index < -0.39 is 16.9 Å². The largest absolute Gasteiger partial charge is 0.463 e. The van der Waals surface area contributed by atoms with Crippen LogP contribution in [0.5, 0.6) is 0 Å². The molecule has 0 spiro atoms. The standard InChI is InChI=1S/C22H29NO6/c1-16(2)11-13-28-21(24)9-6-18-5-7-19(20(15-18)23(26)27)8-10-22(25)29-14-12-17(3)4/h5-10,15-17H,11-14H2,1-4H3/b9-6+,10-8+. The summed E-state index contributed by atoms with van der Waals surface area (Å²) < 4.78 is 10.1. The number of hydrogen-bond acceptors (Lipinski definition) is 6. The van der Waals surface area contributed by atoms with E-state index in [4.69, 9.17) is 9.47 Å². The molecule has 0 N–H and O–H groups in total. The number of rotatable bonds is 11. The minimum atomic E-state index is -0.548. The van der Waals surface area contributed by atoms with Crippen LogP contribution in [0.4, 0.5) is 5.69 Å². The van der Waals surface area contributed by atoms with Gasteiger partial charge in [0.1, 0.15) is 0 Å². The third kappa shape index (κ3) is 10.2. The second-order valence-electron chi connectivity index (χ2n) is 7.44. The summed E-state index contributed by atoms with van der Waals surface area (Å²) >= 11 is 0. The average molecular weight is 403 g/mol. The van der Waals surface area contributed by atoms with E-state index in [0.29, 0.717) is 30.6 Å². The summed E-state index contributed by atoms with van der Waals surface area (Å²) in [6.45, 7) is 8.75. The minimum Gasteiger partial charge on any atom is -0.463 e. The van der Waals surface area contributed by atoms with Crippen molar-refractivity contribution in [3.05, 3.63) is 51.6 Å². The lowest BCUT2D eigenvalue weighted by Crippen LogP contribution is -2.04. The van der Waals surface area contributed by atoms with Crippen LogP contribution in [0.3, 0.4) is 0 Å². The van der Waals surface area contributed by atoms with Crippen molar-refractivity contribution in [3.63, 3.8) is 0 Å². The van der Waals surface area contributed by atoms with Gasteiger partial charge in [-0.15, -0.1) is 0 Å². The molecule has 7 nitrogen and oxygen atoms in total. The van der Waals surface area contributed by atoms with Gasteiger partial charge in [-0.2, -0.15) is 0 Å². The van der Waals surface area contributed by atoms with Crippen molar-refractivity contribution in [3.8, 4) is 0 Å². The summed E-state index contributed by atoms with van der Waals surface area (Å²) in [7, 11) is 0. The van der Waals surface area contributed by atoms with Crippen LogP contribution in [0.1, 0.15) is 51.7 Å². The number of carbonyl (C=O) groups is 2. The van der Waals surface area contributed by atoms with E-state index in [0.717, 1.165) is 12.8 Å². The molecular weight excluding hydrogens is 374 g/mol. The van der Waals surface area contributed by atoms with Gasteiger partial charge in [0, 0.05) is 18.2 Å². The summed E-state index contributed by atoms with van der Waals surface area (Å²) in [6, 6.07) is 4.47. The Morgan fingerprint density at radius 3 is 1.97 bits per heavy atom. The first-order valence-electron chi connectivity index (χ1n) is 9.67. The molecule has 0 unspecified atom stereocenters. The van der Waals surface area contributed by atoms with E-state index in [1.54, 1.807) is 6.07 Å². The first-order valence-corrected chi connectivity index (χ1v) is 9.67. The fourth-order valence-corrected chi connectivity index (χ4v) is 2.17. The number of ether oxygens (including phenoxy) is 2. The highest BCUT2D eigenvalue weighted by Crippen LogP contribution is 2.22. The normalized spacial score (nSPS) is 11.5. The highest BCUT2D eigenvalue weighted by atomic mass is 16.6. The molecule has 0 aliphatic heterocycles. The second-order valence-corrected chi connectivity index (χ2v) is 7.44. The first kappa shape index (κ1) is 24.1. The van der Waals surface area contributed by atoms with Crippen molar-refractivity contribution in [1.29, 1.82) is 0 Å². The molecule has 0 aliphatic rings. The third-order valence-electron chi connectivity index (χ3n) is 3.94. The molecule has 1 aromatic rings. The van der Waals surface area contributed by atoms with Crippen LogP contribution in [-0.4, -0.2) is 30.1 Å². The molecule has 0 heterocycles. The van der Waals surface area contributed by atoms with Crippen molar-refractivity contribution >= 4 is 29.8 Å². The number of nitrogens with zero attached hydrogens (tertiary/aromatic N) is 1. The Balaban J connectivity index is 2.77. The van der Waals surface area contributed by atoms with Crippen LogP contribution < -0.4 is 0 Å². The number of esters is 2. The van der Waals surface area contributed by atoms with Crippen molar-refractivity contribution in [2.24, 2.45) is 11.8 Å². The lowest BCUT2D eigenvalue weighted by molar-refractivity contribution is -0.385. The SMILES string of the molecule is CC(C)CCOC(=O)/C=C/c1ccc(/C=C/C(=O)OCCC(C)C)c([N+](=O)[O-])c1. The fraction of sp³-hybridized carbons (Fsp3) is 0.455. The Morgan fingerprint density at radius 1 is 0.966 bits per heavy atom. The molecule has 0 amide bonds. The average Bonchev–Trinajstić information content (AvgIpc) is 2.64. The molecule has 0 fully saturated rings. The van der Waals surface area contributed by atoms with Crippen LogP contribution in [0.25, 0.3) is 12.2 Å². The number of hydrogen-bond donors (Lipinski definition) is 0. The van der Waals surface area contributed by atoms with Gasteiger partial charge in [-0.05, 0) is 48.5 Å². The zero-order valence-corrected chi connectivity index (χ0v) is 17.4. The van der Waals surface area contributed by atoms with Crippen molar-refractivity contribution in [2.45, 2.75) is 40.5 Å². The van der Waals surface area contributed by atoms with Gasteiger partial charge in [0.05, 0.1) is 23.7 Å². The summed E-state index contributed by atoms with van der Waals surface area (Å²) in [4.78, 5) is 34.2. The zero-order valence-electron chi connectivity index (χ0n) is 17.4. The quantitative estimate of drug-likeness (QED) is 0.228. The first-order chi connectivity index (χ1) is 13.7. The number of nitro benzene ring substituents is 1. The van der Waals surface area contributed by atoms with Gasteiger partial charge < -0.3 is 9.47 Å². The van der Waals surface area contributed by atoms with Gasteiger partial charge in [-0.3, -0.25) is 10.1 Å². The maximum absolute atomic E-state index is 11.7. The van der Waals surface area contributed by atoms with Gasteiger partial charge in [-0.25, -0.2) is 9.59 Å². The molecule has 0 bridgehead atoms. The Hall–Kier alpha value is -2.96. The van der Waals surface area contributed by atoms with E-state index in [-0.39, 0.29) is 11.3 Å². The lowest BCUT2D eigenvalue weighted by atomic mass is 10.1. The van der Waals surface area contributed by atoms with Crippen LogP contribution in [0.15, 0.2) is 30.4 Å². The molecule has 0 aliphatic carbocycles. The summed E-state index contributed by atoms with van der Waals surface area (Å²) in [6.07, 6.45) is 6.74. The molecule has 1 rings (SSSR count). The monoisotopic (exact) mass is 403 g/mol. The summed E-state index contributed by atoms with van der Waals surface area (Å²) in [5.41, 5.74) is 0.577. The summed E-state index contributed by atoms with van der Waals surface area (Å²) in [5, 5.41) is 11.3. The predicted octanol–water partition coefficient (Wildman–Crippen LogP) is 4.80. The maximum Gasteiger partial charge on any atom is 0.330 e. The van der Waals surface area contributed by atoms with E-state index in [9.17, 15) is 19.7 Å². The van der Waals surface area contributed by atoms with Crippen molar-refractivity contribution in [2.75, 3.05) is 13.2 Å². The maximum atomic E-state index is 11.7. The molecular formula is C22H29NO6. The van der Waals surface area contributed by atoms with Gasteiger partial charge in [0.15, 0.2) is 0 Å². The third-order valence-corrected chi connectivity index (χ3v) is 3.94. The van der Waals surface area contributed by atoms with Crippen LogP contribution >= 0.6 is 0 Å². The minimum absolute atomic E-state index is 0.174. The number of benzene rings is 1. The fourth-order valence-electron chi connectivity index (χ4n) is 2.17. The molecule has 7 heteroatoms. The second kappa shape index (κ2) is 12.5. The molecule has 1 aromatic carbocycles. The van der Waals surface area contributed by atoms with Gasteiger partial charge in [0.2, 0.25) is 0 Å². The molecule has 0 saturated heterocycles. The smallest absolute Gasteiger partial charge is 0.330 e. The van der Waals surface area contributed by atoms with Crippen molar-refractivity contribution in [1.82, 2.24) is 0 Å². The van der Waals surface area contributed by atoms with Crippen LogP contribution in [0, 0.1) is 22.0 Å². The molecule has 0 aromatic heterocycles. The Morgan fingerprint density at radius 2 is 1.48 bits per heavy atom. The highest BCUT2D eigenvalue weighted by Gasteiger charge is 2.12. The van der Waals surface area contributed by atoms with E-state index in [1.807, 2.05) is 27.7 Å². The Bertz CT molecular complexity index is 765. The van der Waals surface area contributed by atoms with E-state index >= 15 is 0 Å². The molecule has 0 saturated carbocycles. The van der Waals surface area contributed by atoms with Crippen molar-refractivity contribution < 1.29 is 24.0 Å². The van der Waals surface area contributed by atoms with Crippen LogP contribution in [-0.2, 0) is 19.1 Å². The van der Waals surface area contributed by atoms with E-state index in [2.05, 4.69) is 0 Å². The highest BCUT2D eigenvalue weighted by molar-refractivity contribution is 5.89. The topological polar surface area (TPSA) is 95.7 Å². The van der Waals surface area contributed by atoms with Crippen LogP contribution in [0.2, 0.25) is 0 Å². The molecule has 29 heavy (non-hydrogen) atoms. The number of carbonyl (C=O) groups excluding carboxylic acids is 2. The zero-order chi connectivity index (χ0) is 21.8. The number of nitro groups is 1. The predicted molar refractivity (Wildman–Crippen MR) is 112 cm³/mol. The van der Waals surface area contributed by atoms with Gasteiger partial charge >= 0.3 is 11.9 Å². The van der Waals surface area contributed by atoms with Gasteiger partial charge in [-0.1, -0.05) is 33.8 Å².